The topological polar surface area (TPSA) is 47.6 Å². The molecule has 29 heavy (non-hydrogen) atoms. The van der Waals surface area contributed by atoms with Crippen molar-refractivity contribution in [1.29, 1.82) is 0 Å². The molecule has 4 rings (SSSR count). The molecule has 0 spiro atoms. The lowest BCUT2D eigenvalue weighted by Gasteiger charge is -2.47. The van der Waals surface area contributed by atoms with E-state index in [1.165, 1.54) is 30.4 Å². The number of hydrogen-bond acceptors (Lipinski definition) is 3. The molecule has 2 bridgehead atoms. The number of hydrogen-bond donors (Lipinski definition) is 1. The van der Waals surface area contributed by atoms with Crippen LogP contribution in [0.5, 0.6) is 5.75 Å². The summed E-state index contributed by atoms with van der Waals surface area (Å²) >= 11 is 0. The highest BCUT2D eigenvalue weighted by Crippen LogP contribution is 2.45. The zero-order valence-corrected chi connectivity index (χ0v) is 18.0. The lowest BCUT2D eigenvalue weighted by atomic mass is 9.65. The predicted octanol–water partition coefficient (Wildman–Crippen LogP) is 5.51. The molecule has 0 aromatic heterocycles. The molecule has 1 aliphatic heterocycles. The molecule has 3 aliphatic rings. The fourth-order valence-corrected chi connectivity index (χ4v) is 5.74. The maximum Gasteiger partial charge on any atom is 0.412 e. The van der Waals surface area contributed by atoms with Crippen molar-refractivity contribution < 1.29 is 14.3 Å². The van der Waals surface area contributed by atoms with Crippen molar-refractivity contribution in [2.24, 2.45) is 23.7 Å². The summed E-state index contributed by atoms with van der Waals surface area (Å²) in [7, 11) is 0. The zero-order chi connectivity index (χ0) is 20.4. The van der Waals surface area contributed by atoms with Gasteiger partial charge in [-0.15, -0.1) is 0 Å². The summed E-state index contributed by atoms with van der Waals surface area (Å²) in [6.07, 6.45) is 9.01. The minimum atomic E-state index is -0.336. The first kappa shape index (κ1) is 20.5. The molecule has 1 aromatic carbocycles. The minimum Gasteiger partial charge on any atom is -0.410 e. The Morgan fingerprint density at radius 1 is 1.14 bits per heavy atom. The number of fused-ring (bicyclic) bond motifs is 2. The Bertz CT molecular complexity index is 735. The van der Waals surface area contributed by atoms with Gasteiger partial charge in [0, 0.05) is 12.0 Å². The van der Waals surface area contributed by atoms with Gasteiger partial charge in [0.1, 0.15) is 5.75 Å². The number of allylic oxidation sites excluding steroid dienone is 1. The molecule has 1 saturated carbocycles. The molecular formula is C25H35NO3. The average molecular weight is 398 g/mol. The van der Waals surface area contributed by atoms with E-state index in [4.69, 9.17) is 9.47 Å². The predicted molar refractivity (Wildman–Crippen MR) is 115 cm³/mol. The molecule has 0 radical (unpaired) electrons. The van der Waals surface area contributed by atoms with E-state index in [0.29, 0.717) is 29.4 Å². The molecular weight excluding hydrogens is 362 g/mol. The summed E-state index contributed by atoms with van der Waals surface area (Å²) in [4.78, 5) is 12.1. The normalized spacial score (nSPS) is 32.4. The standard InChI is InChI=1S/C25H35NO3/c1-16-13-17(2)24-18(3)22(16)15-28-23(24)14-19-9-11-21(12-10-19)29-25(27)26-20-7-5-4-6-8-20/h9-13,16,18,20,22-24H,4-8,14-15H2,1-3H3,(H,26,27)/t16-,18-,22+,23-,24-/m1/s1. The largest absolute Gasteiger partial charge is 0.412 e. The highest BCUT2D eigenvalue weighted by Gasteiger charge is 2.43. The van der Waals surface area contributed by atoms with E-state index in [-0.39, 0.29) is 18.2 Å². The first-order valence-electron chi connectivity index (χ1n) is 11.4. The van der Waals surface area contributed by atoms with Crippen molar-refractivity contribution in [3.63, 3.8) is 0 Å². The minimum absolute atomic E-state index is 0.228. The highest BCUT2D eigenvalue weighted by atomic mass is 16.6. The van der Waals surface area contributed by atoms with Crippen molar-refractivity contribution in [2.45, 2.75) is 71.4 Å². The lowest BCUT2D eigenvalue weighted by molar-refractivity contribution is -0.0901. The molecule has 1 N–H and O–H groups in total. The van der Waals surface area contributed by atoms with Crippen molar-refractivity contribution in [3.8, 4) is 5.75 Å². The number of ether oxygens (including phenoxy) is 2. The number of carbonyl (C=O) groups is 1. The van der Waals surface area contributed by atoms with Crippen LogP contribution in [0, 0.1) is 23.7 Å². The van der Waals surface area contributed by atoms with E-state index in [1.54, 1.807) is 0 Å². The van der Waals surface area contributed by atoms with Gasteiger partial charge >= 0.3 is 6.09 Å². The number of benzene rings is 1. The molecule has 1 aromatic rings. The van der Waals surface area contributed by atoms with Crippen molar-refractivity contribution in [1.82, 2.24) is 5.32 Å². The first-order chi connectivity index (χ1) is 14.0. The molecule has 158 valence electrons. The average Bonchev–Trinajstić information content (AvgIpc) is 2.69. The van der Waals surface area contributed by atoms with E-state index in [1.807, 2.05) is 12.1 Å². The smallest absolute Gasteiger partial charge is 0.410 e. The highest BCUT2D eigenvalue weighted by molar-refractivity contribution is 5.70. The maximum absolute atomic E-state index is 12.1. The van der Waals surface area contributed by atoms with Gasteiger partial charge in [-0.25, -0.2) is 4.79 Å². The second-order valence-electron chi connectivity index (χ2n) is 9.41. The van der Waals surface area contributed by atoms with Crippen LogP contribution in [0.15, 0.2) is 35.9 Å². The number of nitrogens with one attached hydrogen (secondary N) is 1. The monoisotopic (exact) mass is 397 g/mol. The van der Waals surface area contributed by atoms with Crippen molar-refractivity contribution >= 4 is 6.09 Å². The van der Waals surface area contributed by atoms with Crippen LogP contribution in [0.1, 0.15) is 58.4 Å². The molecule has 1 heterocycles. The summed E-state index contributed by atoms with van der Waals surface area (Å²) in [6.45, 7) is 7.82. The van der Waals surface area contributed by atoms with E-state index in [0.717, 1.165) is 25.9 Å². The third-order valence-corrected chi connectivity index (χ3v) is 7.37. The van der Waals surface area contributed by atoms with E-state index in [2.05, 4.69) is 44.3 Å². The number of carbonyl (C=O) groups excluding carboxylic acids is 1. The molecule has 1 saturated heterocycles. The van der Waals surface area contributed by atoms with Gasteiger partial charge in [0.05, 0.1) is 12.7 Å². The molecule has 4 nitrogen and oxygen atoms in total. The Labute approximate surface area is 175 Å². The van der Waals surface area contributed by atoms with Gasteiger partial charge in [0.25, 0.3) is 0 Å². The number of amides is 1. The SMILES string of the molecule is CC1=C[C@@H](C)[C@@H]2CO[C@H](Cc3ccc(OC(=O)NC4CCCCC4)cc3)[C@H]1[C@@H]2C. The van der Waals surface area contributed by atoms with Gasteiger partial charge in [-0.05, 0) is 61.6 Å². The Morgan fingerprint density at radius 3 is 2.59 bits per heavy atom. The van der Waals surface area contributed by atoms with Gasteiger partial charge < -0.3 is 14.8 Å². The molecule has 1 amide bonds. The van der Waals surface area contributed by atoms with Crippen LogP contribution in [-0.2, 0) is 11.2 Å². The van der Waals surface area contributed by atoms with Crippen molar-refractivity contribution in [3.05, 3.63) is 41.5 Å². The second-order valence-corrected chi connectivity index (χ2v) is 9.41. The molecule has 4 heteroatoms. The summed E-state index contributed by atoms with van der Waals surface area (Å²) in [6, 6.07) is 8.19. The summed E-state index contributed by atoms with van der Waals surface area (Å²) in [5.74, 6) is 3.02. The fourth-order valence-electron chi connectivity index (χ4n) is 5.74. The van der Waals surface area contributed by atoms with Gasteiger partial charge in [-0.2, -0.15) is 0 Å². The maximum atomic E-state index is 12.1. The molecule has 2 fully saturated rings. The Morgan fingerprint density at radius 2 is 1.86 bits per heavy atom. The summed E-state index contributed by atoms with van der Waals surface area (Å²) in [5, 5.41) is 3.00. The summed E-state index contributed by atoms with van der Waals surface area (Å²) < 4.78 is 11.8. The van der Waals surface area contributed by atoms with Crippen LogP contribution in [-0.4, -0.2) is 24.8 Å². The Kier molecular flexibility index (Phi) is 6.29. The molecule has 2 aliphatic carbocycles. The van der Waals surface area contributed by atoms with Crippen LogP contribution < -0.4 is 10.1 Å². The number of rotatable bonds is 4. The second kappa shape index (κ2) is 8.91. The van der Waals surface area contributed by atoms with Gasteiger partial charge in [0.2, 0.25) is 0 Å². The first-order valence-corrected chi connectivity index (χ1v) is 11.4. The lowest BCUT2D eigenvalue weighted by Crippen LogP contribution is -2.47. The van der Waals surface area contributed by atoms with Crippen LogP contribution >= 0.6 is 0 Å². The van der Waals surface area contributed by atoms with Crippen LogP contribution in [0.25, 0.3) is 0 Å². The van der Waals surface area contributed by atoms with E-state index in [9.17, 15) is 4.79 Å². The summed E-state index contributed by atoms with van der Waals surface area (Å²) in [5.41, 5.74) is 2.71. The van der Waals surface area contributed by atoms with Gasteiger partial charge in [-0.3, -0.25) is 0 Å². The van der Waals surface area contributed by atoms with Gasteiger partial charge in [0.15, 0.2) is 0 Å². The van der Waals surface area contributed by atoms with Crippen LogP contribution in [0.4, 0.5) is 4.79 Å². The quantitative estimate of drug-likeness (QED) is 0.681. The van der Waals surface area contributed by atoms with Crippen LogP contribution in [0.3, 0.4) is 0 Å². The van der Waals surface area contributed by atoms with E-state index >= 15 is 0 Å². The van der Waals surface area contributed by atoms with Crippen LogP contribution in [0.2, 0.25) is 0 Å². The Balaban J connectivity index is 1.33. The third-order valence-electron chi connectivity index (χ3n) is 7.37. The van der Waals surface area contributed by atoms with Gasteiger partial charge in [-0.1, -0.05) is 56.9 Å². The Hall–Kier alpha value is -1.81. The third kappa shape index (κ3) is 4.69. The fraction of sp³-hybridized carbons (Fsp3) is 0.640. The molecule has 0 unspecified atom stereocenters. The van der Waals surface area contributed by atoms with E-state index < -0.39 is 0 Å². The molecule has 5 atom stereocenters. The zero-order valence-electron chi connectivity index (χ0n) is 18.0. The van der Waals surface area contributed by atoms with Crippen molar-refractivity contribution in [2.75, 3.05) is 6.61 Å².